The number of hydrogen-bond acceptors (Lipinski definition) is 3. The van der Waals surface area contributed by atoms with E-state index in [0.29, 0.717) is 23.7 Å². The summed E-state index contributed by atoms with van der Waals surface area (Å²) in [5, 5.41) is 7.43. The first-order valence-electron chi connectivity index (χ1n) is 9.51. The summed E-state index contributed by atoms with van der Waals surface area (Å²) in [5.41, 5.74) is 2.28. The summed E-state index contributed by atoms with van der Waals surface area (Å²) in [5.74, 6) is -4.77. The molecular formula is C21H21F3N4O. The van der Waals surface area contributed by atoms with E-state index in [9.17, 15) is 18.0 Å². The molecule has 4 rings (SSSR count). The fourth-order valence-electron chi connectivity index (χ4n) is 3.45. The van der Waals surface area contributed by atoms with Gasteiger partial charge in [-0.2, -0.15) is 13.9 Å². The van der Waals surface area contributed by atoms with E-state index in [1.54, 1.807) is 30.1 Å². The van der Waals surface area contributed by atoms with Crippen molar-refractivity contribution in [1.29, 1.82) is 0 Å². The van der Waals surface area contributed by atoms with E-state index in [-0.39, 0.29) is 0 Å². The largest absolute Gasteiger partial charge is 0.346 e. The van der Waals surface area contributed by atoms with Gasteiger partial charge in [0.25, 0.3) is 5.91 Å². The third-order valence-corrected chi connectivity index (χ3v) is 5.15. The predicted octanol–water partition coefficient (Wildman–Crippen LogP) is 4.20. The SMILES string of the molecule is C[C@H](NC(=O)C(C)(F)F)[C@@H](c1ccc(C2CC2)nc1)n1cc2cc(F)ccc2n1. The number of carbonyl (C=O) groups is 1. The second-order valence-electron chi connectivity index (χ2n) is 7.70. The third kappa shape index (κ3) is 4.11. The van der Waals surface area contributed by atoms with Crippen LogP contribution in [0, 0.1) is 5.82 Å². The van der Waals surface area contributed by atoms with Gasteiger partial charge in [0.15, 0.2) is 0 Å². The topological polar surface area (TPSA) is 59.8 Å². The van der Waals surface area contributed by atoms with Gasteiger partial charge in [0.2, 0.25) is 0 Å². The van der Waals surface area contributed by atoms with Crippen LogP contribution in [0.1, 0.15) is 49.9 Å². The monoisotopic (exact) mass is 402 g/mol. The molecule has 0 radical (unpaired) electrons. The second kappa shape index (κ2) is 7.17. The Hall–Kier alpha value is -2.90. The van der Waals surface area contributed by atoms with Crippen molar-refractivity contribution >= 4 is 16.8 Å². The maximum absolute atomic E-state index is 13.6. The summed E-state index contributed by atoms with van der Waals surface area (Å²) in [4.78, 5) is 16.4. The smallest absolute Gasteiger partial charge is 0.321 e. The number of benzene rings is 1. The van der Waals surface area contributed by atoms with E-state index in [0.717, 1.165) is 24.1 Å². The molecule has 0 saturated heterocycles. The first-order chi connectivity index (χ1) is 13.7. The standard InChI is InChI=1S/C21H21F3N4O/c1-12(26-20(29)21(2,23)24)19(14-5-7-17(25-10-14)13-3-4-13)28-11-15-9-16(22)6-8-18(15)27-28/h5-13,19H,3-4H2,1-2H3,(H,26,29)/t12-,19-/m0/s1. The third-order valence-electron chi connectivity index (χ3n) is 5.15. The van der Waals surface area contributed by atoms with Gasteiger partial charge in [0.05, 0.1) is 17.6 Å². The molecule has 2 atom stereocenters. The van der Waals surface area contributed by atoms with Crippen LogP contribution < -0.4 is 5.32 Å². The molecule has 2 aromatic heterocycles. The van der Waals surface area contributed by atoms with Crippen LogP contribution in [0.4, 0.5) is 13.2 Å². The molecular weight excluding hydrogens is 381 g/mol. The van der Waals surface area contributed by atoms with Crippen LogP contribution in [0.15, 0.2) is 42.7 Å². The maximum atomic E-state index is 13.6. The van der Waals surface area contributed by atoms with Crippen molar-refractivity contribution in [2.75, 3.05) is 0 Å². The van der Waals surface area contributed by atoms with Crippen molar-refractivity contribution in [1.82, 2.24) is 20.1 Å². The minimum Gasteiger partial charge on any atom is -0.346 e. The molecule has 2 heterocycles. The number of nitrogens with one attached hydrogen (secondary N) is 1. The number of carbonyl (C=O) groups excluding carboxylic acids is 1. The van der Waals surface area contributed by atoms with Gasteiger partial charge in [-0.1, -0.05) is 6.07 Å². The minimum atomic E-state index is -3.50. The quantitative estimate of drug-likeness (QED) is 0.672. The fraction of sp³-hybridized carbons (Fsp3) is 0.381. The van der Waals surface area contributed by atoms with Crippen LogP contribution >= 0.6 is 0 Å². The molecule has 1 aliphatic rings. The van der Waals surface area contributed by atoms with Gasteiger partial charge in [0.1, 0.15) is 5.82 Å². The molecule has 1 aliphatic carbocycles. The zero-order chi connectivity index (χ0) is 20.8. The molecule has 1 aromatic carbocycles. The van der Waals surface area contributed by atoms with Crippen molar-refractivity contribution in [2.45, 2.75) is 50.6 Å². The van der Waals surface area contributed by atoms with Gasteiger partial charge in [-0.3, -0.25) is 14.5 Å². The Bertz CT molecular complexity index is 1040. The van der Waals surface area contributed by atoms with E-state index in [1.807, 2.05) is 12.1 Å². The molecule has 8 heteroatoms. The Morgan fingerprint density at radius 1 is 1.28 bits per heavy atom. The Morgan fingerprint density at radius 3 is 2.66 bits per heavy atom. The normalized spacial score (nSPS) is 16.6. The number of amides is 1. The molecule has 0 aliphatic heterocycles. The number of rotatable bonds is 6. The molecule has 5 nitrogen and oxygen atoms in total. The summed E-state index contributed by atoms with van der Waals surface area (Å²) >= 11 is 0. The van der Waals surface area contributed by atoms with Crippen molar-refractivity contribution in [2.24, 2.45) is 0 Å². The molecule has 1 saturated carbocycles. The number of alkyl halides is 2. The molecule has 152 valence electrons. The lowest BCUT2D eigenvalue weighted by atomic mass is 10.0. The minimum absolute atomic E-state index is 0.393. The van der Waals surface area contributed by atoms with E-state index < -0.39 is 29.7 Å². The van der Waals surface area contributed by atoms with Gasteiger partial charge >= 0.3 is 5.92 Å². The molecule has 1 amide bonds. The highest BCUT2D eigenvalue weighted by Gasteiger charge is 2.35. The highest BCUT2D eigenvalue weighted by molar-refractivity contribution is 5.83. The van der Waals surface area contributed by atoms with Crippen LogP contribution in [-0.4, -0.2) is 32.6 Å². The average Bonchev–Trinajstić information content (AvgIpc) is 3.42. The number of fused-ring (bicyclic) bond motifs is 1. The summed E-state index contributed by atoms with van der Waals surface area (Å²) in [6, 6.07) is 6.73. The van der Waals surface area contributed by atoms with E-state index in [2.05, 4.69) is 15.4 Å². The number of aromatic nitrogens is 3. The van der Waals surface area contributed by atoms with Crippen molar-refractivity contribution in [3.8, 4) is 0 Å². The van der Waals surface area contributed by atoms with Crippen LogP contribution in [0.5, 0.6) is 0 Å². The Balaban J connectivity index is 1.71. The zero-order valence-electron chi connectivity index (χ0n) is 16.1. The lowest BCUT2D eigenvalue weighted by Crippen LogP contribution is -2.46. The van der Waals surface area contributed by atoms with Gasteiger partial charge in [-0.05, 0) is 49.6 Å². The Morgan fingerprint density at radius 2 is 2.03 bits per heavy atom. The van der Waals surface area contributed by atoms with Crippen molar-refractivity contribution in [3.05, 3.63) is 59.8 Å². The van der Waals surface area contributed by atoms with Gasteiger partial charge in [0, 0.05) is 36.3 Å². The van der Waals surface area contributed by atoms with E-state index in [4.69, 9.17) is 0 Å². The number of halogens is 3. The molecule has 1 N–H and O–H groups in total. The Kier molecular flexibility index (Phi) is 4.80. The fourth-order valence-corrected chi connectivity index (χ4v) is 3.45. The molecule has 1 fully saturated rings. The molecule has 29 heavy (non-hydrogen) atoms. The van der Waals surface area contributed by atoms with Crippen LogP contribution in [0.2, 0.25) is 0 Å². The highest BCUT2D eigenvalue weighted by Crippen LogP contribution is 2.39. The van der Waals surface area contributed by atoms with Crippen molar-refractivity contribution in [3.63, 3.8) is 0 Å². The average molecular weight is 402 g/mol. The maximum Gasteiger partial charge on any atom is 0.321 e. The summed E-state index contributed by atoms with van der Waals surface area (Å²) in [6.45, 7) is 2.19. The van der Waals surface area contributed by atoms with Gasteiger partial charge < -0.3 is 5.32 Å². The van der Waals surface area contributed by atoms with Gasteiger partial charge in [-0.15, -0.1) is 0 Å². The van der Waals surface area contributed by atoms with Crippen molar-refractivity contribution < 1.29 is 18.0 Å². The summed E-state index contributed by atoms with van der Waals surface area (Å²) in [7, 11) is 0. The van der Waals surface area contributed by atoms with Gasteiger partial charge in [-0.25, -0.2) is 4.39 Å². The number of nitrogens with zero attached hydrogens (tertiary/aromatic N) is 3. The van der Waals surface area contributed by atoms with E-state index in [1.165, 1.54) is 12.1 Å². The first-order valence-corrected chi connectivity index (χ1v) is 9.51. The predicted molar refractivity (Wildman–Crippen MR) is 102 cm³/mol. The van der Waals surface area contributed by atoms with Crippen LogP contribution in [-0.2, 0) is 4.79 Å². The van der Waals surface area contributed by atoms with Crippen LogP contribution in [0.25, 0.3) is 10.9 Å². The second-order valence-corrected chi connectivity index (χ2v) is 7.70. The summed E-state index contributed by atoms with van der Waals surface area (Å²) in [6.07, 6.45) is 5.57. The highest BCUT2D eigenvalue weighted by atomic mass is 19.3. The van der Waals surface area contributed by atoms with Crippen LogP contribution in [0.3, 0.4) is 0 Å². The lowest BCUT2D eigenvalue weighted by Gasteiger charge is -2.27. The molecule has 0 bridgehead atoms. The lowest BCUT2D eigenvalue weighted by molar-refractivity contribution is -0.143. The first kappa shape index (κ1) is 19.4. The van der Waals surface area contributed by atoms with E-state index >= 15 is 0 Å². The Labute approximate surface area is 165 Å². The number of hydrogen-bond donors (Lipinski definition) is 1. The molecule has 0 unspecified atom stereocenters. The number of pyridine rings is 1. The zero-order valence-corrected chi connectivity index (χ0v) is 16.1. The molecule has 3 aromatic rings. The summed E-state index contributed by atoms with van der Waals surface area (Å²) < 4.78 is 42.0. The molecule has 0 spiro atoms.